The maximum atomic E-state index is 12.7. The van der Waals surface area contributed by atoms with Crippen molar-refractivity contribution in [2.75, 3.05) is 5.32 Å². The molecule has 0 bridgehead atoms. The van der Waals surface area contributed by atoms with Crippen LogP contribution in [0.15, 0.2) is 48.8 Å². The normalized spacial score (nSPS) is 16.3. The first-order valence-electron chi connectivity index (χ1n) is 8.46. The molecule has 0 aliphatic heterocycles. The Morgan fingerprint density at radius 3 is 2.80 bits per heavy atom. The third-order valence-electron chi connectivity index (χ3n) is 4.64. The van der Waals surface area contributed by atoms with Crippen LogP contribution in [-0.2, 0) is 17.6 Å². The third-order valence-corrected chi connectivity index (χ3v) is 5.81. The second-order valence-corrected chi connectivity index (χ2v) is 7.45. The molecule has 1 N–H and O–H groups in total. The van der Waals surface area contributed by atoms with E-state index >= 15 is 0 Å². The predicted octanol–water partition coefficient (Wildman–Crippen LogP) is 4.26. The first-order chi connectivity index (χ1) is 12.2. The van der Waals surface area contributed by atoms with Crippen LogP contribution in [0, 0.1) is 12.8 Å². The minimum absolute atomic E-state index is 0.0119. The van der Waals surface area contributed by atoms with E-state index < -0.39 is 0 Å². The number of anilines is 1. The molecule has 126 valence electrons. The van der Waals surface area contributed by atoms with Crippen molar-refractivity contribution in [3.8, 4) is 10.6 Å². The van der Waals surface area contributed by atoms with Crippen molar-refractivity contribution in [1.82, 2.24) is 9.97 Å². The molecule has 3 aromatic rings. The molecule has 0 saturated carbocycles. The van der Waals surface area contributed by atoms with Crippen LogP contribution in [-0.4, -0.2) is 15.9 Å². The number of fused-ring (bicyclic) bond motifs is 1. The first-order valence-corrected chi connectivity index (χ1v) is 9.28. The number of aryl methyl sites for hydroxylation is 2. The number of pyridine rings is 1. The summed E-state index contributed by atoms with van der Waals surface area (Å²) in [5, 5.41) is 4.11. The summed E-state index contributed by atoms with van der Waals surface area (Å²) in [5.74, 6) is 0.122. The minimum Gasteiger partial charge on any atom is -0.326 e. The first kappa shape index (κ1) is 16.0. The Bertz CT molecular complexity index is 904. The smallest absolute Gasteiger partial charge is 0.227 e. The van der Waals surface area contributed by atoms with Crippen LogP contribution in [0.5, 0.6) is 0 Å². The number of hydrogen-bond donors (Lipinski definition) is 1. The van der Waals surface area contributed by atoms with Crippen LogP contribution in [0.4, 0.5) is 5.69 Å². The number of carbonyl (C=O) groups excluding carboxylic acids is 1. The molecule has 4 nitrogen and oxygen atoms in total. The van der Waals surface area contributed by atoms with Gasteiger partial charge in [0.15, 0.2) is 0 Å². The summed E-state index contributed by atoms with van der Waals surface area (Å²) in [6, 6.07) is 11.9. The van der Waals surface area contributed by atoms with Gasteiger partial charge in [0.1, 0.15) is 5.01 Å². The second kappa shape index (κ2) is 6.76. The maximum Gasteiger partial charge on any atom is 0.227 e. The lowest BCUT2D eigenvalue weighted by Crippen LogP contribution is -2.28. The summed E-state index contributed by atoms with van der Waals surface area (Å²) in [6.07, 6.45) is 6.06. The van der Waals surface area contributed by atoms with E-state index in [-0.39, 0.29) is 11.8 Å². The van der Waals surface area contributed by atoms with Crippen LogP contribution in [0.2, 0.25) is 0 Å². The molecule has 1 amide bonds. The Hall–Kier alpha value is -2.53. The van der Waals surface area contributed by atoms with Crippen molar-refractivity contribution in [2.24, 2.45) is 5.92 Å². The second-order valence-electron chi connectivity index (χ2n) is 6.37. The van der Waals surface area contributed by atoms with Gasteiger partial charge in [-0.15, -0.1) is 11.3 Å². The molecule has 1 unspecified atom stereocenters. The predicted molar refractivity (Wildman–Crippen MR) is 101 cm³/mol. The van der Waals surface area contributed by atoms with E-state index in [1.54, 1.807) is 23.7 Å². The highest BCUT2D eigenvalue weighted by Crippen LogP contribution is 2.35. The van der Waals surface area contributed by atoms with Gasteiger partial charge in [-0.25, -0.2) is 4.98 Å². The van der Waals surface area contributed by atoms with E-state index in [0.29, 0.717) is 0 Å². The zero-order valence-electron chi connectivity index (χ0n) is 14.0. The number of nitrogens with zero attached hydrogens (tertiary/aromatic N) is 2. The molecule has 0 saturated heterocycles. The molecule has 1 aliphatic carbocycles. The van der Waals surface area contributed by atoms with Gasteiger partial charge < -0.3 is 5.32 Å². The lowest BCUT2D eigenvalue weighted by atomic mass is 9.90. The number of nitrogens with one attached hydrogen (secondary N) is 1. The van der Waals surface area contributed by atoms with Gasteiger partial charge in [0.05, 0.1) is 5.69 Å². The number of amides is 1. The van der Waals surface area contributed by atoms with Gasteiger partial charge in [-0.05, 0) is 49.9 Å². The van der Waals surface area contributed by atoms with E-state index in [9.17, 15) is 4.79 Å². The number of carbonyl (C=O) groups is 1. The van der Waals surface area contributed by atoms with Crippen molar-refractivity contribution < 1.29 is 4.79 Å². The van der Waals surface area contributed by atoms with Crippen LogP contribution >= 0.6 is 11.3 Å². The molecule has 4 rings (SSSR count). The standard InChI is InChI=1S/C20H19N3OS/c1-13-4-2-3-5-16(13)22-19(24)15-6-7-17-18(12-15)25-20(23-17)14-8-10-21-11-9-14/h2-5,8-11,15H,6-7,12H2,1H3,(H,22,24). The van der Waals surface area contributed by atoms with Gasteiger partial charge in [0.25, 0.3) is 0 Å². The van der Waals surface area contributed by atoms with E-state index in [4.69, 9.17) is 4.98 Å². The fourth-order valence-corrected chi connectivity index (χ4v) is 4.36. The van der Waals surface area contributed by atoms with Crippen molar-refractivity contribution in [2.45, 2.75) is 26.2 Å². The summed E-state index contributed by atoms with van der Waals surface area (Å²) in [4.78, 5) is 22.7. The summed E-state index contributed by atoms with van der Waals surface area (Å²) in [5.41, 5.74) is 4.23. The summed E-state index contributed by atoms with van der Waals surface area (Å²) in [6.45, 7) is 2.01. The molecular weight excluding hydrogens is 330 g/mol. The number of aromatic nitrogens is 2. The fraction of sp³-hybridized carbons (Fsp3) is 0.250. The summed E-state index contributed by atoms with van der Waals surface area (Å²) >= 11 is 1.70. The van der Waals surface area contributed by atoms with Gasteiger partial charge in [-0.3, -0.25) is 9.78 Å². The van der Waals surface area contributed by atoms with Crippen molar-refractivity contribution >= 4 is 22.9 Å². The highest BCUT2D eigenvalue weighted by Gasteiger charge is 2.28. The highest BCUT2D eigenvalue weighted by molar-refractivity contribution is 7.15. The number of benzene rings is 1. The van der Waals surface area contributed by atoms with Crippen LogP contribution in [0.25, 0.3) is 10.6 Å². The molecule has 25 heavy (non-hydrogen) atoms. The van der Waals surface area contributed by atoms with E-state index in [0.717, 1.165) is 46.8 Å². The molecule has 1 aromatic carbocycles. The lowest BCUT2D eigenvalue weighted by Gasteiger charge is -2.21. The van der Waals surface area contributed by atoms with Crippen molar-refractivity contribution in [3.05, 3.63) is 64.9 Å². The SMILES string of the molecule is Cc1ccccc1NC(=O)C1CCc2nc(-c3ccncc3)sc2C1. The van der Waals surface area contributed by atoms with Crippen LogP contribution in [0.1, 0.15) is 22.6 Å². The average Bonchev–Trinajstić information content (AvgIpc) is 3.07. The number of para-hydroxylation sites is 1. The monoisotopic (exact) mass is 349 g/mol. The van der Waals surface area contributed by atoms with E-state index in [2.05, 4.69) is 10.3 Å². The quantitative estimate of drug-likeness (QED) is 0.769. The van der Waals surface area contributed by atoms with Gasteiger partial charge in [-0.1, -0.05) is 18.2 Å². The number of hydrogen-bond acceptors (Lipinski definition) is 4. The maximum absolute atomic E-state index is 12.7. The summed E-state index contributed by atoms with van der Waals surface area (Å²) < 4.78 is 0. The van der Waals surface area contributed by atoms with E-state index in [1.807, 2.05) is 43.3 Å². The lowest BCUT2D eigenvalue weighted by molar-refractivity contribution is -0.120. The fourth-order valence-electron chi connectivity index (χ4n) is 3.16. The Morgan fingerprint density at radius 1 is 1.20 bits per heavy atom. The molecule has 0 radical (unpaired) electrons. The zero-order valence-corrected chi connectivity index (χ0v) is 14.8. The minimum atomic E-state index is 0.0119. The Balaban J connectivity index is 1.50. The molecular formula is C20H19N3OS. The Labute approximate surface area is 151 Å². The van der Waals surface area contributed by atoms with E-state index in [1.165, 1.54) is 4.88 Å². The van der Waals surface area contributed by atoms with Crippen LogP contribution in [0.3, 0.4) is 0 Å². The molecule has 1 atom stereocenters. The van der Waals surface area contributed by atoms with Gasteiger partial charge in [0.2, 0.25) is 5.91 Å². The van der Waals surface area contributed by atoms with Gasteiger partial charge in [0, 0.05) is 34.4 Å². The van der Waals surface area contributed by atoms with Crippen LogP contribution < -0.4 is 5.32 Å². The zero-order chi connectivity index (χ0) is 17.2. The largest absolute Gasteiger partial charge is 0.326 e. The summed E-state index contributed by atoms with van der Waals surface area (Å²) in [7, 11) is 0. The Kier molecular flexibility index (Phi) is 4.32. The molecule has 0 fully saturated rings. The average molecular weight is 349 g/mol. The molecule has 1 aliphatic rings. The molecule has 2 heterocycles. The molecule has 2 aromatic heterocycles. The molecule has 0 spiro atoms. The Morgan fingerprint density at radius 2 is 2.00 bits per heavy atom. The number of thiazole rings is 1. The van der Waals surface area contributed by atoms with Gasteiger partial charge in [-0.2, -0.15) is 0 Å². The van der Waals surface area contributed by atoms with Crippen molar-refractivity contribution in [1.29, 1.82) is 0 Å². The topological polar surface area (TPSA) is 54.9 Å². The number of rotatable bonds is 3. The third kappa shape index (κ3) is 3.33. The van der Waals surface area contributed by atoms with Gasteiger partial charge >= 0.3 is 0 Å². The molecule has 5 heteroatoms. The van der Waals surface area contributed by atoms with Crippen molar-refractivity contribution in [3.63, 3.8) is 0 Å². The highest BCUT2D eigenvalue weighted by atomic mass is 32.1.